The van der Waals surface area contributed by atoms with Crippen LogP contribution in [0.1, 0.15) is 5.56 Å². The SMILES string of the molecule is [c]1nc2c(CN3CCOCC3)cccc2s1. The van der Waals surface area contributed by atoms with Crippen LogP contribution in [0.4, 0.5) is 0 Å². The van der Waals surface area contributed by atoms with Gasteiger partial charge < -0.3 is 4.74 Å². The summed E-state index contributed by atoms with van der Waals surface area (Å²) in [6.07, 6.45) is 0. The highest BCUT2D eigenvalue weighted by molar-refractivity contribution is 7.16. The Balaban J connectivity index is 1.85. The number of thiazole rings is 1. The second-order valence-electron chi connectivity index (χ2n) is 3.96. The van der Waals surface area contributed by atoms with Gasteiger partial charge in [-0.2, -0.15) is 0 Å². The number of benzene rings is 1. The molecule has 2 heterocycles. The molecule has 4 heteroatoms. The highest BCUT2D eigenvalue weighted by Crippen LogP contribution is 2.22. The zero-order valence-electron chi connectivity index (χ0n) is 8.98. The van der Waals surface area contributed by atoms with Crippen LogP contribution in [0.3, 0.4) is 0 Å². The van der Waals surface area contributed by atoms with E-state index in [0.29, 0.717) is 0 Å². The molecule has 0 amide bonds. The predicted octanol–water partition coefficient (Wildman–Crippen LogP) is 1.93. The van der Waals surface area contributed by atoms with Gasteiger partial charge in [-0.15, -0.1) is 11.3 Å². The van der Waals surface area contributed by atoms with Crippen LogP contribution in [-0.2, 0) is 11.3 Å². The number of ether oxygens (including phenoxy) is 1. The van der Waals surface area contributed by atoms with Gasteiger partial charge in [-0.25, -0.2) is 4.98 Å². The van der Waals surface area contributed by atoms with Crippen LogP contribution in [0.25, 0.3) is 10.2 Å². The van der Waals surface area contributed by atoms with Crippen molar-refractivity contribution in [2.75, 3.05) is 26.3 Å². The van der Waals surface area contributed by atoms with Crippen molar-refractivity contribution in [3.05, 3.63) is 29.3 Å². The molecule has 2 aromatic rings. The first-order valence-corrected chi connectivity index (χ1v) is 6.30. The molecule has 1 aliphatic rings. The first-order chi connectivity index (χ1) is 7.93. The zero-order chi connectivity index (χ0) is 10.8. The average molecular weight is 233 g/mol. The quantitative estimate of drug-likeness (QED) is 0.792. The molecule has 0 saturated carbocycles. The summed E-state index contributed by atoms with van der Waals surface area (Å²) in [5.74, 6) is 0. The van der Waals surface area contributed by atoms with Gasteiger partial charge in [0, 0.05) is 19.6 Å². The summed E-state index contributed by atoms with van der Waals surface area (Å²) in [6.45, 7) is 4.70. The first-order valence-electron chi connectivity index (χ1n) is 5.48. The van der Waals surface area contributed by atoms with Crippen LogP contribution >= 0.6 is 11.3 Å². The van der Waals surface area contributed by atoms with Gasteiger partial charge >= 0.3 is 0 Å². The number of aromatic nitrogens is 1. The van der Waals surface area contributed by atoms with Crippen molar-refractivity contribution in [1.82, 2.24) is 9.88 Å². The van der Waals surface area contributed by atoms with Crippen molar-refractivity contribution in [1.29, 1.82) is 0 Å². The number of morpholine rings is 1. The van der Waals surface area contributed by atoms with E-state index in [4.69, 9.17) is 4.74 Å². The number of hydrogen-bond donors (Lipinski definition) is 0. The maximum atomic E-state index is 5.35. The minimum atomic E-state index is 0.846. The number of hydrogen-bond acceptors (Lipinski definition) is 4. The van der Waals surface area contributed by atoms with E-state index in [1.807, 2.05) is 0 Å². The average Bonchev–Trinajstić information content (AvgIpc) is 2.80. The minimum absolute atomic E-state index is 0.846. The Kier molecular flexibility index (Phi) is 2.86. The summed E-state index contributed by atoms with van der Waals surface area (Å²) in [4.78, 5) is 6.73. The van der Waals surface area contributed by atoms with E-state index in [1.54, 1.807) is 11.3 Å². The third-order valence-corrected chi connectivity index (χ3v) is 3.63. The molecule has 1 aliphatic heterocycles. The Morgan fingerprint density at radius 3 is 3.12 bits per heavy atom. The van der Waals surface area contributed by atoms with Crippen molar-refractivity contribution in [2.24, 2.45) is 0 Å². The Morgan fingerprint density at radius 1 is 1.38 bits per heavy atom. The van der Waals surface area contributed by atoms with Crippen LogP contribution in [0, 0.1) is 5.51 Å². The lowest BCUT2D eigenvalue weighted by atomic mass is 10.2. The largest absolute Gasteiger partial charge is 0.379 e. The first kappa shape index (κ1) is 10.2. The van der Waals surface area contributed by atoms with E-state index in [1.165, 1.54) is 10.3 Å². The molecule has 1 saturated heterocycles. The predicted molar refractivity (Wildman–Crippen MR) is 64.6 cm³/mol. The van der Waals surface area contributed by atoms with Crippen LogP contribution in [-0.4, -0.2) is 36.2 Å². The highest BCUT2D eigenvalue weighted by Gasteiger charge is 2.12. The minimum Gasteiger partial charge on any atom is -0.379 e. The molecule has 3 nitrogen and oxygen atoms in total. The lowest BCUT2D eigenvalue weighted by Gasteiger charge is -2.26. The van der Waals surface area contributed by atoms with Gasteiger partial charge in [-0.1, -0.05) is 12.1 Å². The van der Waals surface area contributed by atoms with Crippen LogP contribution in [0.15, 0.2) is 18.2 Å². The Bertz CT molecular complexity index is 477. The van der Waals surface area contributed by atoms with Gasteiger partial charge in [0.1, 0.15) is 0 Å². The number of fused-ring (bicyclic) bond motifs is 1. The lowest BCUT2D eigenvalue weighted by molar-refractivity contribution is 0.0343. The summed E-state index contributed by atoms with van der Waals surface area (Å²) in [6, 6.07) is 6.36. The van der Waals surface area contributed by atoms with E-state index in [0.717, 1.165) is 38.4 Å². The van der Waals surface area contributed by atoms with Gasteiger partial charge in [-0.3, -0.25) is 4.90 Å². The number of para-hydroxylation sites is 1. The fraction of sp³-hybridized carbons (Fsp3) is 0.417. The molecule has 3 rings (SSSR count). The maximum absolute atomic E-state index is 5.35. The molecular formula is C12H13N2OS. The molecule has 0 spiro atoms. The molecule has 1 fully saturated rings. The van der Waals surface area contributed by atoms with E-state index >= 15 is 0 Å². The molecule has 1 radical (unpaired) electrons. The normalized spacial score (nSPS) is 18.0. The van der Waals surface area contributed by atoms with Crippen molar-refractivity contribution >= 4 is 21.6 Å². The van der Waals surface area contributed by atoms with Gasteiger partial charge in [0.15, 0.2) is 5.51 Å². The molecule has 0 bridgehead atoms. The van der Waals surface area contributed by atoms with E-state index in [-0.39, 0.29) is 0 Å². The van der Waals surface area contributed by atoms with Crippen molar-refractivity contribution < 1.29 is 4.74 Å². The van der Waals surface area contributed by atoms with Crippen molar-refractivity contribution in [2.45, 2.75) is 6.54 Å². The van der Waals surface area contributed by atoms with Crippen molar-refractivity contribution in [3.63, 3.8) is 0 Å². The van der Waals surface area contributed by atoms with Gasteiger partial charge in [0.2, 0.25) is 0 Å². The molecule has 1 aromatic carbocycles. The second-order valence-corrected chi connectivity index (χ2v) is 4.78. The van der Waals surface area contributed by atoms with Gasteiger partial charge in [0.25, 0.3) is 0 Å². The van der Waals surface area contributed by atoms with Gasteiger partial charge in [-0.05, 0) is 11.6 Å². The summed E-state index contributed by atoms with van der Waals surface area (Å²) in [5.41, 5.74) is 5.38. The monoisotopic (exact) mass is 233 g/mol. The molecular weight excluding hydrogens is 220 g/mol. The molecule has 1 aromatic heterocycles. The summed E-state index contributed by atoms with van der Waals surface area (Å²) in [7, 11) is 0. The van der Waals surface area contributed by atoms with Crippen LogP contribution in [0.2, 0.25) is 0 Å². The third kappa shape index (κ3) is 1.96. The van der Waals surface area contributed by atoms with E-state index in [9.17, 15) is 0 Å². The van der Waals surface area contributed by atoms with E-state index in [2.05, 4.69) is 33.6 Å². The fourth-order valence-electron chi connectivity index (χ4n) is 2.02. The molecule has 0 atom stereocenters. The third-order valence-electron chi connectivity index (χ3n) is 2.89. The molecule has 0 aliphatic carbocycles. The van der Waals surface area contributed by atoms with Gasteiger partial charge in [0.05, 0.1) is 23.4 Å². The highest BCUT2D eigenvalue weighted by atomic mass is 32.1. The summed E-state index contributed by atoms with van der Waals surface area (Å²) in [5, 5.41) is 0. The zero-order valence-corrected chi connectivity index (χ0v) is 9.80. The Morgan fingerprint density at radius 2 is 2.25 bits per heavy atom. The Labute approximate surface area is 98.7 Å². The Hall–Kier alpha value is -0.970. The van der Waals surface area contributed by atoms with Crippen LogP contribution in [0.5, 0.6) is 0 Å². The molecule has 16 heavy (non-hydrogen) atoms. The van der Waals surface area contributed by atoms with Crippen LogP contribution < -0.4 is 0 Å². The molecule has 0 unspecified atom stereocenters. The standard InChI is InChI=1S/C12H13N2OS/c1-2-10(8-14-4-6-15-7-5-14)12-11(3-1)16-9-13-12/h1-3H,4-8H2. The smallest absolute Gasteiger partial charge is 0.153 e. The van der Waals surface area contributed by atoms with E-state index < -0.39 is 0 Å². The topological polar surface area (TPSA) is 25.4 Å². The molecule has 0 N–H and O–H groups in total. The molecule has 83 valence electrons. The maximum Gasteiger partial charge on any atom is 0.153 e. The summed E-state index contributed by atoms with van der Waals surface area (Å²) < 4.78 is 6.58. The summed E-state index contributed by atoms with van der Waals surface area (Å²) >= 11 is 1.58. The lowest BCUT2D eigenvalue weighted by Crippen LogP contribution is -2.35. The van der Waals surface area contributed by atoms with Crippen molar-refractivity contribution in [3.8, 4) is 0 Å². The number of rotatable bonds is 2. The second kappa shape index (κ2) is 4.49. The number of nitrogens with zero attached hydrogens (tertiary/aromatic N) is 2. The fourth-order valence-corrected chi connectivity index (χ4v) is 2.68.